The van der Waals surface area contributed by atoms with Gasteiger partial charge in [0.2, 0.25) is 0 Å². The molecule has 4 nitrogen and oxygen atoms in total. The van der Waals surface area contributed by atoms with Crippen LogP contribution in [0.5, 0.6) is 0 Å². The summed E-state index contributed by atoms with van der Waals surface area (Å²) >= 11 is 0. The van der Waals surface area contributed by atoms with Crippen LogP contribution in [0.1, 0.15) is 29.9 Å². The second kappa shape index (κ2) is 7.62. The summed E-state index contributed by atoms with van der Waals surface area (Å²) in [6, 6.07) is 2.90. The van der Waals surface area contributed by atoms with E-state index in [9.17, 15) is 0 Å². The van der Waals surface area contributed by atoms with E-state index >= 15 is 0 Å². The van der Waals surface area contributed by atoms with Gasteiger partial charge in [-0.15, -0.1) is 6.58 Å². The molecule has 1 aromatic heterocycles. The molecule has 0 atom stereocenters. The Balaban J connectivity index is 1.88. The fourth-order valence-corrected chi connectivity index (χ4v) is 2.24. The van der Waals surface area contributed by atoms with Crippen LogP contribution < -0.4 is 5.32 Å². The van der Waals surface area contributed by atoms with Crippen LogP contribution in [-0.2, 0) is 17.8 Å². The first-order valence-electron chi connectivity index (χ1n) is 7.36. The summed E-state index contributed by atoms with van der Waals surface area (Å²) in [5.74, 6) is 2.05. The van der Waals surface area contributed by atoms with Gasteiger partial charge in [-0.3, -0.25) is 4.90 Å². The van der Waals surface area contributed by atoms with E-state index in [0.29, 0.717) is 0 Å². The van der Waals surface area contributed by atoms with Crippen LogP contribution >= 0.6 is 0 Å². The summed E-state index contributed by atoms with van der Waals surface area (Å²) in [6.45, 7) is 10.0. The van der Waals surface area contributed by atoms with Crippen molar-refractivity contribution in [2.75, 3.05) is 26.8 Å². The minimum absolute atomic E-state index is 0.726. The van der Waals surface area contributed by atoms with Gasteiger partial charge < -0.3 is 14.5 Å². The van der Waals surface area contributed by atoms with Gasteiger partial charge in [0.05, 0.1) is 13.2 Å². The zero-order valence-corrected chi connectivity index (χ0v) is 12.7. The summed E-state index contributed by atoms with van der Waals surface area (Å²) in [7, 11) is 1.73. The fourth-order valence-electron chi connectivity index (χ4n) is 2.24. The topological polar surface area (TPSA) is 37.6 Å². The molecule has 1 fully saturated rings. The van der Waals surface area contributed by atoms with E-state index in [1.54, 1.807) is 7.11 Å². The number of nitrogens with zero attached hydrogens (tertiary/aromatic N) is 1. The normalized spacial score (nSPS) is 14.9. The van der Waals surface area contributed by atoms with Crippen LogP contribution in [0.25, 0.3) is 0 Å². The fraction of sp³-hybridized carbons (Fsp3) is 0.625. The Morgan fingerprint density at radius 2 is 2.35 bits per heavy atom. The SMILES string of the molecule is C=CCN(CCOC)Cc1cc(CNC2CC2)c(C)o1. The van der Waals surface area contributed by atoms with Crippen molar-refractivity contribution in [3.05, 3.63) is 35.8 Å². The number of rotatable bonds is 10. The van der Waals surface area contributed by atoms with Gasteiger partial charge in [0.15, 0.2) is 0 Å². The molecule has 1 N–H and O–H groups in total. The van der Waals surface area contributed by atoms with Gasteiger partial charge in [-0.1, -0.05) is 6.08 Å². The monoisotopic (exact) mass is 278 g/mol. The van der Waals surface area contributed by atoms with Gasteiger partial charge >= 0.3 is 0 Å². The Labute approximate surface area is 121 Å². The molecule has 4 heteroatoms. The first-order chi connectivity index (χ1) is 9.72. The highest BCUT2D eigenvalue weighted by molar-refractivity contribution is 5.21. The van der Waals surface area contributed by atoms with Crippen LogP contribution in [0.2, 0.25) is 0 Å². The third kappa shape index (κ3) is 4.78. The van der Waals surface area contributed by atoms with Crippen LogP contribution in [-0.4, -0.2) is 37.7 Å². The predicted molar refractivity (Wildman–Crippen MR) is 80.7 cm³/mol. The Bertz CT molecular complexity index is 424. The van der Waals surface area contributed by atoms with E-state index in [1.807, 2.05) is 13.0 Å². The molecule has 0 bridgehead atoms. The van der Waals surface area contributed by atoms with Crippen LogP contribution in [0.4, 0.5) is 0 Å². The number of nitrogens with one attached hydrogen (secondary N) is 1. The van der Waals surface area contributed by atoms with Gasteiger partial charge in [0, 0.05) is 38.3 Å². The van der Waals surface area contributed by atoms with Crippen LogP contribution in [0.3, 0.4) is 0 Å². The summed E-state index contributed by atoms with van der Waals surface area (Å²) in [4.78, 5) is 2.27. The second-order valence-corrected chi connectivity index (χ2v) is 5.47. The average molecular weight is 278 g/mol. The van der Waals surface area contributed by atoms with Gasteiger partial charge in [-0.2, -0.15) is 0 Å². The van der Waals surface area contributed by atoms with Crippen LogP contribution in [0.15, 0.2) is 23.1 Å². The lowest BCUT2D eigenvalue weighted by Crippen LogP contribution is -2.26. The maximum Gasteiger partial charge on any atom is 0.118 e. The lowest BCUT2D eigenvalue weighted by atomic mass is 10.2. The molecule has 0 aliphatic heterocycles. The van der Waals surface area contributed by atoms with Gasteiger partial charge in [-0.25, -0.2) is 0 Å². The molecule has 112 valence electrons. The first-order valence-corrected chi connectivity index (χ1v) is 7.36. The highest BCUT2D eigenvalue weighted by Gasteiger charge is 2.21. The summed E-state index contributed by atoms with van der Waals surface area (Å²) in [6.07, 6.45) is 4.54. The average Bonchev–Trinajstić information content (AvgIpc) is 3.19. The minimum Gasteiger partial charge on any atom is -0.465 e. The molecule has 1 aliphatic carbocycles. The lowest BCUT2D eigenvalue weighted by Gasteiger charge is -2.18. The third-order valence-electron chi connectivity index (χ3n) is 3.61. The largest absolute Gasteiger partial charge is 0.465 e. The standard InChI is InChI=1S/C16H26N2O2/c1-4-7-18(8-9-19-3)12-16-10-14(13(2)20-16)11-17-15-5-6-15/h4,10,15,17H,1,5-9,11-12H2,2-3H3. The lowest BCUT2D eigenvalue weighted by molar-refractivity contribution is 0.146. The van der Waals surface area contributed by atoms with Crippen molar-refractivity contribution in [1.29, 1.82) is 0 Å². The molecule has 0 saturated heterocycles. The van der Waals surface area contributed by atoms with E-state index < -0.39 is 0 Å². The summed E-state index contributed by atoms with van der Waals surface area (Å²) < 4.78 is 11.0. The Morgan fingerprint density at radius 3 is 3.00 bits per heavy atom. The molecule has 1 aliphatic rings. The Morgan fingerprint density at radius 1 is 1.55 bits per heavy atom. The Kier molecular flexibility index (Phi) is 5.83. The van der Waals surface area contributed by atoms with Gasteiger partial charge in [0.25, 0.3) is 0 Å². The molecule has 1 aromatic rings. The number of hydrogen-bond donors (Lipinski definition) is 1. The third-order valence-corrected chi connectivity index (χ3v) is 3.61. The number of furan rings is 1. The van der Waals surface area contributed by atoms with E-state index in [1.165, 1.54) is 18.4 Å². The quantitative estimate of drug-likeness (QED) is 0.667. The highest BCUT2D eigenvalue weighted by atomic mass is 16.5. The summed E-state index contributed by atoms with van der Waals surface area (Å²) in [5.41, 5.74) is 1.28. The zero-order valence-electron chi connectivity index (χ0n) is 12.7. The van der Waals surface area contributed by atoms with Gasteiger partial charge in [-0.05, 0) is 25.8 Å². The molecule has 0 amide bonds. The molecule has 1 saturated carbocycles. The number of hydrogen-bond acceptors (Lipinski definition) is 4. The van der Waals surface area contributed by atoms with Crippen molar-refractivity contribution in [2.45, 2.75) is 38.9 Å². The maximum atomic E-state index is 5.87. The minimum atomic E-state index is 0.726. The zero-order chi connectivity index (χ0) is 14.4. The number of methoxy groups -OCH3 is 1. The van der Waals surface area contributed by atoms with Crippen molar-refractivity contribution in [3.8, 4) is 0 Å². The summed E-state index contributed by atoms with van der Waals surface area (Å²) in [5, 5.41) is 3.53. The smallest absolute Gasteiger partial charge is 0.118 e. The molecule has 0 radical (unpaired) electrons. The number of ether oxygens (including phenoxy) is 1. The first kappa shape index (κ1) is 15.3. The second-order valence-electron chi connectivity index (χ2n) is 5.47. The Hall–Kier alpha value is -1.10. The molecule has 2 rings (SSSR count). The van der Waals surface area contributed by atoms with Crippen molar-refractivity contribution < 1.29 is 9.15 Å². The molecule has 0 spiro atoms. The maximum absolute atomic E-state index is 5.87. The molecule has 1 heterocycles. The molecule has 0 aromatic carbocycles. The molecular formula is C16H26N2O2. The van der Waals surface area contributed by atoms with E-state index in [2.05, 4.69) is 22.9 Å². The van der Waals surface area contributed by atoms with Crippen molar-refractivity contribution in [3.63, 3.8) is 0 Å². The molecular weight excluding hydrogens is 252 g/mol. The molecule has 20 heavy (non-hydrogen) atoms. The highest BCUT2D eigenvalue weighted by Crippen LogP contribution is 2.21. The van der Waals surface area contributed by atoms with Gasteiger partial charge in [0.1, 0.15) is 11.5 Å². The van der Waals surface area contributed by atoms with Crippen LogP contribution in [0, 0.1) is 6.92 Å². The predicted octanol–water partition coefficient (Wildman–Crippen LogP) is 2.47. The van der Waals surface area contributed by atoms with E-state index in [4.69, 9.17) is 9.15 Å². The molecule has 0 unspecified atom stereocenters. The van der Waals surface area contributed by atoms with Crippen molar-refractivity contribution in [1.82, 2.24) is 10.2 Å². The van der Waals surface area contributed by atoms with E-state index in [0.717, 1.165) is 50.3 Å². The van der Waals surface area contributed by atoms with E-state index in [-0.39, 0.29) is 0 Å². The van der Waals surface area contributed by atoms with Crippen molar-refractivity contribution >= 4 is 0 Å². The van der Waals surface area contributed by atoms with Crippen molar-refractivity contribution in [2.24, 2.45) is 0 Å². The number of aryl methyl sites for hydroxylation is 1.